The van der Waals surface area contributed by atoms with Crippen LogP contribution in [0.1, 0.15) is 49.3 Å². The van der Waals surface area contributed by atoms with Crippen LogP contribution in [0.25, 0.3) is 22.2 Å². The van der Waals surface area contributed by atoms with Crippen molar-refractivity contribution in [1.82, 2.24) is 9.55 Å². The zero-order valence-corrected chi connectivity index (χ0v) is 21.2. The van der Waals surface area contributed by atoms with E-state index < -0.39 is 11.9 Å². The van der Waals surface area contributed by atoms with E-state index in [2.05, 4.69) is 24.3 Å². The molecule has 0 aliphatic rings. The van der Waals surface area contributed by atoms with Crippen LogP contribution in [0.3, 0.4) is 0 Å². The van der Waals surface area contributed by atoms with E-state index in [4.69, 9.17) is 26.1 Å². The van der Waals surface area contributed by atoms with Crippen molar-refractivity contribution in [2.45, 2.75) is 53.1 Å². The van der Waals surface area contributed by atoms with Crippen LogP contribution in [0.4, 0.5) is 4.39 Å². The Morgan fingerprint density at radius 3 is 2.51 bits per heavy atom. The smallest absolute Gasteiger partial charge is 0.295 e. The number of benzene rings is 2. The van der Waals surface area contributed by atoms with Crippen molar-refractivity contribution in [3.63, 3.8) is 0 Å². The molecular formula is C28H28ClFN2O3. The number of carbonyl (C=O) groups excluding carboxylic acids is 1. The molecule has 35 heavy (non-hydrogen) atoms. The number of aryl methyl sites for hydroxylation is 2. The van der Waals surface area contributed by atoms with Crippen molar-refractivity contribution in [3.05, 3.63) is 88.0 Å². The number of nitrogens with zero attached hydrogens (tertiary/aromatic N) is 2. The van der Waals surface area contributed by atoms with Crippen molar-refractivity contribution in [1.29, 1.82) is 0 Å². The van der Waals surface area contributed by atoms with E-state index in [0.717, 1.165) is 39.0 Å². The molecule has 4 rings (SSSR count). The molecule has 0 saturated heterocycles. The topological polar surface area (TPSA) is 53.4 Å². The van der Waals surface area contributed by atoms with E-state index in [0.29, 0.717) is 23.6 Å². The van der Waals surface area contributed by atoms with Gasteiger partial charge in [0.2, 0.25) is 5.79 Å². The van der Waals surface area contributed by atoms with Gasteiger partial charge in [-0.2, -0.15) is 0 Å². The predicted molar refractivity (Wildman–Crippen MR) is 136 cm³/mol. The Morgan fingerprint density at radius 2 is 1.86 bits per heavy atom. The second kappa shape index (κ2) is 9.80. The fourth-order valence-electron chi connectivity index (χ4n) is 4.45. The number of pyridine rings is 1. The fraction of sp³-hybridized carbons (Fsp3) is 0.286. The van der Waals surface area contributed by atoms with E-state index in [1.54, 1.807) is 26.0 Å². The van der Waals surface area contributed by atoms with Gasteiger partial charge in [0.1, 0.15) is 11.5 Å². The maximum atomic E-state index is 14.5. The monoisotopic (exact) mass is 494 g/mol. The third kappa shape index (κ3) is 5.24. The SMILES string of the molecule is Cc1ccc(-c2c(C(C)OC(C)(C)OC=O)c(C)nc3c2ccn3Cc2ccc(Cl)cc2F)cc1. The quantitative estimate of drug-likeness (QED) is 0.193. The molecule has 0 amide bonds. The van der Waals surface area contributed by atoms with Gasteiger partial charge in [-0.3, -0.25) is 4.79 Å². The van der Waals surface area contributed by atoms with Crippen molar-refractivity contribution < 1.29 is 18.7 Å². The van der Waals surface area contributed by atoms with Gasteiger partial charge in [0.05, 0.1) is 12.6 Å². The summed E-state index contributed by atoms with van der Waals surface area (Å²) in [5.74, 6) is -1.46. The summed E-state index contributed by atoms with van der Waals surface area (Å²) >= 11 is 5.93. The molecule has 4 aromatic rings. The first-order valence-electron chi connectivity index (χ1n) is 11.4. The zero-order chi connectivity index (χ0) is 25.3. The van der Waals surface area contributed by atoms with E-state index in [-0.39, 0.29) is 5.82 Å². The molecule has 2 aromatic heterocycles. The minimum Gasteiger partial charge on any atom is -0.436 e. The number of hydrogen-bond acceptors (Lipinski definition) is 4. The molecule has 2 heterocycles. The summed E-state index contributed by atoms with van der Waals surface area (Å²) in [6.07, 6.45) is 1.49. The van der Waals surface area contributed by atoms with E-state index in [9.17, 15) is 9.18 Å². The molecule has 2 aromatic carbocycles. The number of hydrogen-bond donors (Lipinski definition) is 0. The highest BCUT2D eigenvalue weighted by Gasteiger charge is 2.28. The van der Waals surface area contributed by atoms with Gasteiger partial charge in [-0.05, 0) is 44.5 Å². The summed E-state index contributed by atoms with van der Waals surface area (Å²) in [4.78, 5) is 15.8. The number of aromatic nitrogens is 2. The third-order valence-electron chi connectivity index (χ3n) is 6.03. The van der Waals surface area contributed by atoms with Gasteiger partial charge in [0, 0.05) is 52.8 Å². The Morgan fingerprint density at radius 1 is 1.14 bits per heavy atom. The highest BCUT2D eigenvalue weighted by molar-refractivity contribution is 6.30. The molecule has 0 bridgehead atoms. The second-order valence-corrected chi connectivity index (χ2v) is 9.58. The molecule has 1 atom stereocenters. The average Bonchev–Trinajstić information content (AvgIpc) is 3.17. The highest BCUT2D eigenvalue weighted by atomic mass is 35.5. The maximum Gasteiger partial charge on any atom is 0.295 e. The largest absolute Gasteiger partial charge is 0.436 e. The van der Waals surface area contributed by atoms with Crippen molar-refractivity contribution in [2.24, 2.45) is 0 Å². The van der Waals surface area contributed by atoms with Crippen molar-refractivity contribution >= 4 is 29.1 Å². The van der Waals surface area contributed by atoms with Crippen LogP contribution in [-0.4, -0.2) is 21.8 Å². The first kappa shape index (κ1) is 24.9. The molecule has 5 nitrogen and oxygen atoms in total. The van der Waals surface area contributed by atoms with Gasteiger partial charge in [-0.25, -0.2) is 9.37 Å². The van der Waals surface area contributed by atoms with Gasteiger partial charge in [0.15, 0.2) is 0 Å². The normalized spacial score (nSPS) is 12.7. The third-order valence-corrected chi connectivity index (χ3v) is 6.27. The van der Waals surface area contributed by atoms with Gasteiger partial charge >= 0.3 is 0 Å². The van der Waals surface area contributed by atoms with Crippen LogP contribution in [0.15, 0.2) is 54.7 Å². The predicted octanol–water partition coefficient (Wildman–Crippen LogP) is 7.15. The van der Waals surface area contributed by atoms with E-state index in [1.807, 2.05) is 37.6 Å². The minimum absolute atomic E-state index is 0.317. The number of fused-ring (bicyclic) bond motifs is 1. The van der Waals surface area contributed by atoms with Crippen molar-refractivity contribution in [2.75, 3.05) is 0 Å². The summed E-state index contributed by atoms with van der Waals surface area (Å²) in [6.45, 7) is 9.99. The number of carbonyl (C=O) groups is 1. The molecule has 0 aliphatic heterocycles. The lowest BCUT2D eigenvalue weighted by Gasteiger charge is -2.29. The Kier molecular flexibility index (Phi) is 6.97. The van der Waals surface area contributed by atoms with E-state index >= 15 is 0 Å². The average molecular weight is 495 g/mol. The summed E-state index contributed by atoms with van der Waals surface area (Å²) in [6, 6.07) is 15.0. The first-order chi connectivity index (χ1) is 16.6. The van der Waals surface area contributed by atoms with Gasteiger partial charge in [0.25, 0.3) is 6.47 Å². The zero-order valence-electron chi connectivity index (χ0n) is 20.4. The number of ether oxygens (including phenoxy) is 2. The molecule has 182 valence electrons. The number of rotatable bonds is 8. The Hall–Kier alpha value is -3.22. The maximum absolute atomic E-state index is 14.5. The molecule has 7 heteroatoms. The lowest BCUT2D eigenvalue weighted by atomic mass is 9.92. The molecular weight excluding hydrogens is 467 g/mol. The standard InChI is InChI=1S/C28H28ClFN2O3/c1-17-6-8-20(9-7-17)26-23-12-13-32(15-21-10-11-22(29)14-24(21)30)27(23)31-18(2)25(26)19(3)35-28(4,5)34-16-33/h6-14,16,19H,15H2,1-5H3. The van der Waals surface area contributed by atoms with Gasteiger partial charge in [-0.1, -0.05) is 47.5 Å². The van der Waals surface area contributed by atoms with Crippen LogP contribution in [0.2, 0.25) is 5.02 Å². The summed E-state index contributed by atoms with van der Waals surface area (Å²) in [5, 5.41) is 1.28. The van der Waals surface area contributed by atoms with Crippen LogP contribution in [-0.2, 0) is 20.8 Å². The molecule has 0 spiro atoms. The van der Waals surface area contributed by atoms with Gasteiger partial charge < -0.3 is 14.0 Å². The first-order valence-corrected chi connectivity index (χ1v) is 11.8. The molecule has 0 saturated carbocycles. The van der Waals surface area contributed by atoms with Gasteiger partial charge in [-0.15, -0.1) is 0 Å². The fourth-order valence-corrected chi connectivity index (χ4v) is 4.61. The summed E-state index contributed by atoms with van der Waals surface area (Å²) in [7, 11) is 0. The Labute approximate surface area is 209 Å². The highest BCUT2D eigenvalue weighted by Crippen LogP contribution is 2.39. The van der Waals surface area contributed by atoms with Crippen molar-refractivity contribution in [3.8, 4) is 11.1 Å². The van der Waals surface area contributed by atoms with E-state index in [1.165, 1.54) is 6.07 Å². The minimum atomic E-state index is -1.11. The number of halogens is 2. The Balaban J connectivity index is 1.88. The molecule has 0 aliphatic carbocycles. The second-order valence-electron chi connectivity index (χ2n) is 9.14. The van der Waals surface area contributed by atoms with Crippen LogP contribution < -0.4 is 0 Å². The lowest BCUT2D eigenvalue weighted by Crippen LogP contribution is -2.29. The molecule has 1 unspecified atom stereocenters. The van der Waals surface area contributed by atoms with Crippen LogP contribution >= 0.6 is 11.6 Å². The molecule has 0 fully saturated rings. The Bertz CT molecular complexity index is 1380. The van der Waals surface area contributed by atoms with Crippen LogP contribution in [0, 0.1) is 19.7 Å². The summed E-state index contributed by atoms with van der Waals surface area (Å²) in [5.41, 5.74) is 6.10. The van der Waals surface area contributed by atoms with Crippen LogP contribution in [0.5, 0.6) is 0 Å². The molecule has 0 N–H and O–H groups in total. The lowest BCUT2D eigenvalue weighted by molar-refractivity contribution is -0.221. The molecule has 0 radical (unpaired) electrons. The summed E-state index contributed by atoms with van der Waals surface area (Å²) < 4.78 is 27.7.